The summed E-state index contributed by atoms with van der Waals surface area (Å²) in [5, 5.41) is 12.4. The fourth-order valence-electron chi connectivity index (χ4n) is 3.27. The van der Waals surface area contributed by atoms with Crippen LogP contribution in [0.3, 0.4) is 0 Å². The number of aliphatic carboxylic acids is 1. The van der Waals surface area contributed by atoms with Crippen molar-refractivity contribution >= 4 is 17.7 Å². The first-order chi connectivity index (χ1) is 7.69. The lowest BCUT2D eigenvalue weighted by Crippen LogP contribution is -2.53. The number of nitrogens with zero attached hydrogens (tertiary/aromatic N) is 1. The molecule has 3 heterocycles. The summed E-state index contributed by atoms with van der Waals surface area (Å²) in [5.41, 5.74) is 0. The number of rotatable bonds is 1. The number of hydrogen-bond donors (Lipinski definition) is 2. The molecule has 3 aliphatic heterocycles. The van der Waals surface area contributed by atoms with Gasteiger partial charge in [0.2, 0.25) is 0 Å². The third-order valence-electron chi connectivity index (χ3n) is 4.13. The Morgan fingerprint density at radius 1 is 1.50 bits per heavy atom. The predicted molar refractivity (Wildman–Crippen MR) is 63.6 cm³/mol. The van der Waals surface area contributed by atoms with Crippen molar-refractivity contribution in [2.45, 2.75) is 42.6 Å². The summed E-state index contributed by atoms with van der Waals surface area (Å²) in [6.07, 6.45) is 4.83. The van der Waals surface area contributed by atoms with Crippen LogP contribution in [-0.2, 0) is 4.79 Å². The smallest absolute Gasteiger partial charge is 0.321 e. The molecule has 90 valence electrons. The minimum absolute atomic E-state index is 0.0641. The number of thioether (sulfide) groups is 1. The van der Waals surface area contributed by atoms with Gasteiger partial charge in [0.05, 0.1) is 4.87 Å². The van der Waals surface area contributed by atoms with Gasteiger partial charge in [0.1, 0.15) is 6.04 Å². The molecule has 0 aromatic carbocycles. The molecule has 0 bridgehead atoms. The Bertz CT molecular complexity index is 312. The number of carboxylic acid groups (broad SMARTS) is 1. The van der Waals surface area contributed by atoms with Gasteiger partial charge in [-0.2, -0.15) is 0 Å². The molecule has 3 rings (SSSR count). The normalized spacial score (nSPS) is 43.8. The number of piperidine rings is 1. The third kappa shape index (κ3) is 1.75. The Morgan fingerprint density at radius 2 is 2.38 bits per heavy atom. The number of carbonyl (C=O) groups is 1. The fourth-order valence-corrected chi connectivity index (χ4v) is 4.75. The molecule has 2 unspecified atom stereocenters. The summed E-state index contributed by atoms with van der Waals surface area (Å²) >= 11 is 1.83. The Labute approximate surface area is 99.8 Å². The Hall–Kier alpha value is -0.260. The van der Waals surface area contributed by atoms with E-state index in [1.807, 2.05) is 11.8 Å². The largest absolute Gasteiger partial charge is 0.480 e. The second-order valence-corrected chi connectivity index (χ2v) is 6.53. The lowest BCUT2D eigenvalue weighted by molar-refractivity contribution is -0.139. The standard InChI is InChI=1S/C11H18N2O2S/c14-10(15)9-7-16-11(12-9)3-5-13-4-1-2-8(13)6-11/h8-9,12H,1-7H2,(H,14,15)/t8?,9-,11?/m1/s1. The van der Waals surface area contributed by atoms with E-state index >= 15 is 0 Å². The Balaban J connectivity index is 1.69. The van der Waals surface area contributed by atoms with Crippen molar-refractivity contribution in [2.75, 3.05) is 18.8 Å². The Morgan fingerprint density at radius 3 is 3.12 bits per heavy atom. The molecule has 5 heteroatoms. The molecule has 0 saturated carbocycles. The van der Waals surface area contributed by atoms with Crippen LogP contribution < -0.4 is 5.32 Å². The van der Waals surface area contributed by atoms with Gasteiger partial charge in [0, 0.05) is 18.3 Å². The zero-order valence-electron chi connectivity index (χ0n) is 9.32. The van der Waals surface area contributed by atoms with E-state index in [0.717, 1.165) is 25.1 Å². The summed E-state index contributed by atoms with van der Waals surface area (Å²) in [5.74, 6) is 0.0282. The van der Waals surface area contributed by atoms with Crippen molar-refractivity contribution in [2.24, 2.45) is 0 Å². The number of nitrogens with one attached hydrogen (secondary N) is 1. The second-order valence-electron chi connectivity index (χ2n) is 5.13. The SMILES string of the molecule is O=C(O)[C@H]1CSC2(CCN3CCCC3C2)N1. The molecule has 2 N–H and O–H groups in total. The highest BCUT2D eigenvalue weighted by Gasteiger charge is 2.47. The molecule has 0 aromatic rings. The maximum atomic E-state index is 11.0. The van der Waals surface area contributed by atoms with Gasteiger partial charge in [-0.3, -0.25) is 10.1 Å². The first kappa shape index (κ1) is 10.9. The summed E-state index contributed by atoms with van der Waals surface area (Å²) < 4.78 is 0. The first-order valence-electron chi connectivity index (χ1n) is 6.07. The van der Waals surface area contributed by atoms with E-state index in [1.165, 1.54) is 19.4 Å². The van der Waals surface area contributed by atoms with E-state index in [0.29, 0.717) is 6.04 Å². The predicted octanol–water partition coefficient (Wildman–Crippen LogP) is 0.730. The highest BCUT2D eigenvalue weighted by atomic mass is 32.2. The molecule has 0 aliphatic carbocycles. The monoisotopic (exact) mass is 242 g/mol. The maximum Gasteiger partial charge on any atom is 0.321 e. The number of fused-ring (bicyclic) bond motifs is 1. The van der Waals surface area contributed by atoms with Crippen LogP contribution in [0, 0.1) is 0 Å². The average molecular weight is 242 g/mol. The minimum atomic E-state index is -0.696. The van der Waals surface area contributed by atoms with Crippen molar-refractivity contribution in [1.82, 2.24) is 10.2 Å². The van der Waals surface area contributed by atoms with Crippen LogP contribution >= 0.6 is 11.8 Å². The van der Waals surface area contributed by atoms with Crippen LogP contribution in [0.1, 0.15) is 25.7 Å². The van der Waals surface area contributed by atoms with Gasteiger partial charge >= 0.3 is 5.97 Å². The van der Waals surface area contributed by atoms with Crippen molar-refractivity contribution in [3.63, 3.8) is 0 Å². The minimum Gasteiger partial charge on any atom is -0.480 e. The molecule has 3 atom stereocenters. The van der Waals surface area contributed by atoms with Crippen LogP contribution in [0.5, 0.6) is 0 Å². The second kappa shape index (κ2) is 3.89. The van der Waals surface area contributed by atoms with E-state index in [2.05, 4.69) is 10.2 Å². The summed E-state index contributed by atoms with van der Waals surface area (Å²) in [6, 6.07) is 0.360. The molecule has 0 aromatic heterocycles. The first-order valence-corrected chi connectivity index (χ1v) is 7.06. The van der Waals surface area contributed by atoms with Gasteiger partial charge in [0.25, 0.3) is 0 Å². The van der Waals surface area contributed by atoms with Gasteiger partial charge in [-0.15, -0.1) is 11.8 Å². The molecule has 3 saturated heterocycles. The van der Waals surface area contributed by atoms with Crippen LogP contribution in [0.25, 0.3) is 0 Å². The lowest BCUT2D eigenvalue weighted by Gasteiger charge is -2.41. The zero-order chi connectivity index (χ0) is 11.2. The van der Waals surface area contributed by atoms with Crippen LogP contribution in [-0.4, -0.2) is 51.8 Å². The zero-order valence-corrected chi connectivity index (χ0v) is 10.1. The molecule has 0 radical (unpaired) electrons. The van der Waals surface area contributed by atoms with Gasteiger partial charge in [-0.05, 0) is 32.2 Å². The number of carboxylic acids is 1. The molecule has 16 heavy (non-hydrogen) atoms. The summed E-state index contributed by atoms with van der Waals surface area (Å²) in [6.45, 7) is 2.38. The molecular formula is C11H18N2O2S. The number of hydrogen-bond acceptors (Lipinski definition) is 4. The van der Waals surface area contributed by atoms with Gasteiger partial charge in [0.15, 0.2) is 0 Å². The topological polar surface area (TPSA) is 52.6 Å². The molecular weight excluding hydrogens is 224 g/mol. The van der Waals surface area contributed by atoms with E-state index in [4.69, 9.17) is 5.11 Å². The van der Waals surface area contributed by atoms with E-state index in [-0.39, 0.29) is 10.9 Å². The summed E-state index contributed by atoms with van der Waals surface area (Å²) in [7, 11) is 0. The lowest BCUT2D eigenvalue weighted by atomic mass is 9.96. The van der Waals surface area contributed by atoms with Crippen LogP contribution in [0.4, 0.5) is 0 Å². The highest BCUT2D eigenvalue weighted by molar-refractivity contribution is 8.01. The fraction of sp³-hybridized carbons (Fsp3) is 0.909. The van der Waals surface area contributed by atoms with E-state index in [9.17, 15) is 4.79 Å². The van der Waals surface area contributed by atoms with Gasteiger partial charge in [-0.1, -0.05) is 0 Å². The quantitative estimate of drug-likeness (QED) is 0.710. The third-order valence-corrected chi connectivity index (χ3v) is 5.67. The average Bonchev–Trinajstić information content (AvgIpc) is 2.85. The molecule has 1 spiro atoms. The van der Waals surface area contributed by atoms with Gasteiger partial charge in [-0.25, -0.2) is 0 Å². The molecule has 0 amide bonds. The van der Waals surface area contributed by atoms with Crippen molar-refractivity contribution in [1.29, 1.82) is 0 Å². The van der Waals surface area contributed by atoms with Gasteiger partial charge < -0.3 is 10.0 Å². The van der Waals surface area contributed by atoms with Crippen LogP contribution in [0.2, 0.25) is 0 Å². The molecule has 3 fully saturated rings. The van der Waals surface area contributed by atoms with E-state index in [1.54, 1.807) is 0 Å². The van der Waals surface area contributed by atoms with E-state index < -0.39 is 5.97 Å². The molecule has 3 aliphatic rings. The highest BCUT2D eigenvalue weighted by Crippen LogP contribution is 2.43. The van der Waals surface area contributed by atoms with Crippen molar-refractivity contribution in [3.8, 4) is 0 Å². The Kier molecular flexibility index (Phi) is 2.64. The maximum absolute atomic E-state index is 11.0. The van der Waals surface area contributed by atoms with Crippen molar-refractivity contribution in [3.05, 3.63) is 0 Å². The summed E-state index contributed by atoms with van der Waals surface area (Å²) in [4.78, 5) is 13.6. The molecule has 4 nitrogen and oxygen atoms in total. The van der Waals surface area contributed by atoms with Crippen LogP contribution in [0.15, 0.2) is 0 Å². The van der Waals surface area contributed by atoms with Crippen molar-refractivity contribution < 1.29 is 9.90 Å².